The Kier molecular flexibility index (Phi) is 4.39. The Morgan fingerprint density at radius 2 is 1.80 bits per heavy atom. The molecule has 0 radical (unpaired) electrons. The van der Waals surface area contributed by atoms with E-state index in [-0.39, 0.29) is 11.8 Å². The molecule has 1 heterocycles. The summed E-state index contributed by atoms with van der Waals surface area (Å²) in [4.78, 5) is 4.33. The molecule has 0 spiro atoms. The van der Waals surface area contributed by atoms with Crippen LogP contribution in [0.5, 0.6) is 0 Å². The molecule has 2 rings (SSSR count). The zero-order chi connectivity index (χ0) is 14.6. The smallest absolute Gasteiger partial charge is 0.180 e. The molecule has 0 saturated heterocycles. The molecule has 0 saturated carbocycles. The van der Waals surface area contributed by atoms with E-state index in [0.717, 1.165) is 5.56 Å². The molecule has 5 heteroatoms. The zero-order valence-corrected chi connectivity index (χ0v) is 12.4. The number of rotatable bonds is 5. The molecule has 20 heavy (non-hydrogen) atoms. The Labute approximate surface area is 119 Å². The summed E-state index contributed by atoms with van der Waals surface area (Å²) in [6, 6.07) is 10.8. The molecule has 1 N–H and O–H groups in total. The third-order valence-electron chi connectivity index (χ3n) is 3.18. The number of sulfone groups is 1. The number of para-hydroxylation sites is 1. The second-order valence-electron chi connectivity index (χ2n) is 4.55. The summed E-state index contributed by atoms with van der Waals surface area (Å²) in [5, 5.41) is 3.26. The van der Waals surface area contributed by atoms with Crippen molar-refractivity contribution in [3.05, 3.63) is 54.4 Å². The highest BCUT2D eigenvalue weighted by atomic mass is 32.2. The van der Waals surface area contributed by atoms with Gasteiger partial charge in [0.2, 0.25) is 0 Å². The van der Waals surface area contributed by atoms with Gasteiger partial charge in [0.25, 0.3) is 0 Å². The molecule has 0 amide bonds. The van der Waals surface area contributed by atoms with Crippen LogP contribution in [0.25, 0.3) is 0 Å². The van der Waals surface area contributed by atoms with Crippen molar-refractivity contribution in [1.29, 1.82) is 0 Å². The van der Waals surface area contributed by atoms with E-state index >= 15 is 0 Å². The highest BCUT2D eigenvalue weighted by Gasteiger charge is 2.17. The molecule has 0 bridgehead atoms. The topological polar surface area (TPSA) is 59.1 Å². The zero-order valence-electron chi connectivity index (χ0n) is 11.6. The predicted octanol–water partition coefficient (Wildman–Crippen LogP) is 3.05. The van der Waals surface area contributed by atoms with Gasteiger partial charge in [0.15, 0.2) is 9.84 Å². The van der Waals surface area contributed by atoms with Crippen LogP contribution in [0.1, 0.15) is 25.5 Å². The number of nitrogens with zero attached hydrogens (tertiary/aromatic N) is 1. The van der Waals surface area contributed by atoms with E-state index in [2.05, 4.69) is 10.3 Å². The molecule has 0 aliphatic carbocycles. The molecule has 1 aromatic carbocycles. The summed E-state index contributed by atoms with van der Waals surface area (Å²) >= 11 is 0. The Hall–Kier alpha value is -1.88. The van der Waals surface area contributed by atoms with Gasteiger partial charge in [0.05, 0.1) is 16.3 Å². The highest BCUT2D eigenvalue weighted by molar-refractivity contribution is 7.91. The average molecular weight is 290 g/mol. The summed E-state index contributed by atoms with van der Waals surface area (Å²) in [6.45, 7) is 3.64. The molecule has 1 atom stereocenters. The lowest BCUT2D eigenvalue weighted by Crippen LogP contribution is -2.12. The lowest BCUT2D eigenvalue weighted by Gasteiger charge is -2.18. The number of nitrogens with one attached hydrogen (secondary N) is 1. The maximum absolute atomic E-state index is 12.1. The van der Waals surface area contributed by atoms with Crippen molar-refractivity contribution in [3.8, 4) is 0 Å². The van der Waals surface area contributed by atoms with E-state index in [1.807, 2.05) is 25.1 Å². The molecule has 0 aliphatic heterocycles. The van der Waals surface area contributed by atoms with Gasteiger partial charge in [-0.25, -0.2) is 8.42 Å². The maximum atomic E-state index is 12.1. The van der Waals surface area contributed by atoms with Crippen LogP contribution in [0.2, 0.25) is 0 Å². The second-order valence-corrected chi connectivity index (χ2v) is 6.79. The molecule has 2 aromatic rings. The number of hydrogen-bond acceptors (Lipinski definition) is 4. The van der Waals surface area contributed by atoms with Crippen LogP contribution >= 0.6 is 0 Å². The lowest BCUT2D eigenvalue weighted by atomic mass is 10.1. The average Bonchev–Trinajstić information content (AvgIpc) is 2.48. The van der Waals surface area contributed by atoms with E-state index in [9.17, 15) is 8.42 Å². The van der Waals surface area contributed by atoms with Gasteiger partial charge in [-0.1, -0.05) is 19.1 Å². The van der Waals surface area contributed by atoms with Crippen LogP contribution in [-0.2, 0) is 9.84 Å². The van der Waals surface area contributed by atoms with Crippen molar-refractivity contribution in [2.24, 2.45) is 0 Å². The van der Waals surface area contributed by atoms with Crippen molar-refractivity contribution in [2.45, 2.75) is 24.8 Å². The van der Waals surface area contributed by atoms with Crippen LogP contribution in [0, 0.1) is 0 Å². The first-order chi connectivity index (χ1) is 9.54. The van der Waals surface area contributed by atoms with Crippen molar-refractivity contribution in [1.82, 2.24) is 4.98 Å². The van der Waals surface area contributed by atoms with Crippen molar-refractivity contribution in [3.63, 3.8) is 0 Å². The van der Waals surface area contributed by atoms with Gasteiger partial charge in [-0.2, -0.15) is 0 Å². The first-order valence-electron chi connectivity index (χ1n) is 6.53. The van der Waals surface area contributed by atoms with E-state index in [1.165, 1.54) is 0 Å². The van der Waals surface area contributed by atoms with Gasteiger partial charge >= 0.3 is 0 Å². The summed E-state index contributed by atoms with van der Waals surface area (Å²) in [5.74, 6) is 0.0926. The second kappa shape index (κ2) is 6.05. The first-order valence-corrected chi connectivity index (χ1v) is 8.18. The highest BCUT2D eigenvalue weighted by Crippen LogP contribution is 2.26. The number of benzene rings is 1. The van der Waals surface area contributed by atoms with Gasteiger partial charge < -0.3 is 5.32 Å². The summed E-state index contributed by atoms with van der Waals surface area (Å²) < 4.78 is 24.2. The van der Waals surface area contributed by atoms with Crippen molar-refractivity contribution >= 4 is 15.5 Å². The van der Waals surface area contributed by atoms with Crippen LogP contribution in [0.15, 0.2) is 53.7 Å². The van der Waals surface area contributed by atoms with Gasteiger partial charge in [0.1, 0.15) is 0 Å². The number of hydrogen-bond donors (Lipinski definition) is 1. The normalized spacial score (nSPS) is 12.9. The van der Waals surface area contributed by atoms with Gasteiger partial charge in [0, 0.05) is 18.4 Å². The van der Waals surface area contributed by atoms with Gasteiger partial charge in [-0.3, -0.25) is 4.98 Å². The standard InChI is InChI=1S/C15H18N2O2S/c1-3-20(18,19)15-7-5-4-6-14(15)17-12(2)13-8-10-16-11-9-13/h4-12,17H,3H2,1-2H3/t12-/m0/s1. The van der Waals surface area contributed by atoms with Crippen LogP contribution in [0.3, 0.4) is 0 Å². The molecular weight excluding hydrogens is 272 g/mol. The minimum atomic E-state index is -3.23. The molecule has 1 aromatic heterocycles. The Balaban J connectivity index is 2.31. The fraction of sp³-hybridized carbons (Fsp3) is 0.267. The monoisotopic (exact) mass is 290 g/mol. The Bertz CT molecular complexity index is 669. The number of pyridine rings is 1. The first kappa shape index (κ1) is 14.5. The van der Waals surface area contributed by atoms with E-state index in [4.69, 9.17) is 0 Å². The SMILES string of the molecule is CCS(=O)(=O)c1ccccc1N[C@@H](C)c1ccncc1. The third-order valence-corrected chi connectivity index (χ3v) is 4.97. The molecule has 0 unspecified atom stereocenters. The molecule has 4 nitrogen and oxygen atoms in total. The van der Waals surface area contributed by atoms with E-state index < -0.39 is 9.84 Å². The van der Waals surface area contributed by atoms with Crippen molar-refractivity contribution < 1.29 is 8.42 Å². The van der Waals surface area contributed by atoms with Crippen molar-refractivity contribution in [2.75, 3.05) is 11.1 Å². The van der Waals surface area contributed by atoms with E-state index in [1.54, 1.807) is 37.5 Å². The largest absolute Gasteiger partial charge is 0.377 e. The molecule has 106 valence electrons. The van der Waals surface area contributed by atoms with Gasteiger partial charge in [-0.05, 0) is 36.8 Å². The molecule has 0 aliphatic rings. The third kappa shape index (κ3) is 3.17. The predicted molar refractivity (Wildman–Crippen MR) is 80.4 cm³/mol. The van der Waals surface area contributed by atoms with Crippen LogP contribution in [0.4, 0.5) is 5.69 Å². The summed E-state index contributed by atoms with van der Waals surface area (Å²) in [6.07, 6.45) is 3.45. The molecular formula is C15H18N2O2S. The summed E-state index contributed by atoms with van der Waals surface area (Å²) in [5.41, 5.74) is 1.70. The lowest BCUT2D eigenvalue weighted by molar-refractivity contribution is 0.597. The Morgan fingerprint density at radius 1 is 1.15 bits per heavy atom. The van der Waals surface area contributed by atoms with Crippen LogP contribution in [-0.4, -0.2) is 19.2 Å². The minimum absolute atomic E-state index is 0.00575. The quantitative estimate of drug-likeness (QED) is 0.919. The van der Waals surface area contributed by atoms with E-state index in [0.29, 0.717) is 10.6 Å². The fourth-order valence-electron chi connectivity index (χ4n) is 1.98. The maximum Gasteiger partial charge on any atom is 0.180 e. The molecule has 0 fully saturated rings. The number of anilines is 1. The number of aromatic nitrogens is 1. The minimum Gasteiger partial charge on any atom is -0.377 e. The summed E-state index contributed by atoms with van der Waals surface area (Å²) in [7, 11) is -3.23. The fourth-order valence-corrected chi connectivity index (χ4v) is 3.04. The Morgan fingerprint density at radius 3 is 2.45 bits per heavy atom. The van der Waals surface area contributed by atoms with Crippen LogP contribution < -0.4 is 5.32 Å². The van der Waals surface area contributed by atoms with Gasteiger partial charge in [-0.15, -0.1) is 0 Å².